The Morgan fingerprint density at radius 2 is 1.62 bits per heavy atom. The van der Waals surface area contributed by atoms with Gasteiger partial charge in [-0.3, -0.25) is 0 Å². The first-order valence-electron chi connectivity index (χ1n) is 7.30. The number of ether oxygens (including phenoxy) is 2. The molecule has 0 bridgehead atoms. The largest absolute Gasteiger partial charge is 0.493 e. The molecule has 0 fully saturated rings. The second kappa shape index (κ2) is 7.66. The predicted octanol–water partition coefficient (Wildman–Crippen LogP) is 4.46. The Hall–Kier alpha value is -2.79. The Balaban J connectivity index is 1.70. The molecule has 0 aliphatic heterocycles. The van der Waals surface area contributed by atoms with Gasteiger partial charge in [-0.25, -0.2) is 9.78 Å². The lowest BCUT2D eigenvalue weighted by atomic mass is 10.2. The van der Waals surface area contributed by atoms with Crippen molar-refractivity contribution in [2.75, 3.05) is 7.11 Å². The van der Waals surface area contributed by atoms with E-state index in [2.05, 4.69) is 4.98 Å². The van der Waals surface area contributed by atoms with Crippen LogP contribution in [0.1, 0.15) is 10.4 Å². The van der Waals surface area contributed by atoms with Crippen molar-refractivity contribution < 1.29 is 14.3 Å². The van der Waals surface area contributed by atoms with Gasteiger partial charge < -0.3 is 9.47 Å². The summed E-state index contributed by atoms with van der Waals surface area (Å²) in [6.45, 7) is 0. The van der Waals surface area contributed by atoms with Crippen LogP contribution in [0.5, 0.6) is 11.5 Å². The van der Waals surface area contributed by atoms with E-state index in [0.717, 1.165) is 9.92 Å². The van der Waals surface area contributed by atoms with Crippen LogP contribution >= 0.6 is 11.8 Å². The molecular weight excluding hydrogens is 322 g/mol. The molecule has 0 atom stereocenters. The maximum atomic E-state index is 12.3. The standard InChI is InChI=1S/C19H15NO3S/c1-22-16-6-2-3-7-17(16)23-19(21)14-9-11-15(12-10-14)24-18-8-4-5-13-20-18/h2-13H,1H3. The number of pyridine rings is 1. The number of nitrogens with zero attached hydrogens (tertiary/aromatic N) is 1. The summed E-state index contributed by atoms with van der Waals surface area (Å²) >= 11 is 1.53. The molecule has 0 N–H and O–H groups in total. The number of rotatable bonds is 5. The smallest absolute Gasteiger partial charge is 0.343 e. The first-order chi connectivity index (χ1) is 11.8. The van der Waals surface area contributed by atoms with Crippen molar-refractivity contribution in [2.24, 2.45) is 0 Å². The molecule has 1 heterocycles. The van der Waals surface area contributed by atoms with E-state index in [0.29, 0.717) is 17.1 Å². The Kier molecular flexibility index (Phi) is 5.13. The van der Waals surface area contributed by atoms with Crippen molar-refractivity contribution in [2.45, 2.75) is 9.92 Å². The Morgan fingerprint density at radius 3 is 2.29 bits per heavy atom. The van der Waals surface area contributed by atoms with E-state index in [1.54, 1.807) is 36.5 Å². The van der Waals surface area contributed by atoms with Crippen LogP contribution in [0.25, 0.3) is 0 Å². The molecule has 24 heavy (non-hydrogen) atoms. The summed E-state index contributed by atoms with van der Waals surface area (Å²) in [5.74, 6) is 0.499. The van der Waals surface area contributed by atoms with E-state index in [9.17, 15) is 4.79 Å². The molecule has 1 aromatic heterocycles. The molecule has 2 aromatic carbocycles. The zero-order chi connectivity index (χ0) is 16.8. The predicted molar refractivity (Wildman–Crippen MR) is 92.8 cm³/mol. The van der Waals surface area contributed by atoms with Crippen LogP contribution in [0, 0.1) is 0 Å². The first-order valence-corrected chi connectivity index (χ1v) is 8.12. The molecule has 0 aliphatic rings. The highest BCUT2D eigenvalue weighted by molar-refractivity contribution is 7.99. The minimum absolute atomic E-state index is 0.400. The van der Waals surface area contributed by atoms with Crippen molar-refractivity contribution in [3.05, 3.63) is 78.5 Å². The number of esters is 1. The summed E-state index contributed by atoms with van der Waals surface area (Å²) in [7, 11) is 1.54. The third-order valence-corrected chi connectivity index (χ3v) is 4.18. The van der Waals surface area contributed by atoms with Crippen LogP contribution < -0.4 is 9.47 Å². The van der Waals surface area contributed by atoms with Gasteiger partial charge in [0.1, 0.15) is 5.03 Å². The summed E-state index contributed by atoms with van der Waals surface area (Å²) in [6.07, 6.45) is 1.75. The van der Waals surface area contributed by atoms with Gasteiger partial charge in [-0.1, -0.05) is 30.0 Å². The van der Waals surface area contributed by atoms with Crippen molar-refractivity contribution in [3.63, 3.8) is 0 Å². The SMILES string of the molecule is COc1ccccc1OC(=O)c1ccc(Sc2ccccn2)cc1. The Labute approximate surface area is 144 Å². The topological polar surface area (TPSA) is 48.4 Å². The van der Waals surface area contributed by atoms with E-state index < -0.39 is 5.97 Å². The molecule has 0 aliphatic carbocycles. The number of aromatic nitrogens is 1. The quantitative estimate of drug-likeness (QED) is 0.508. The van der Waals surface area contributed by atoms with E-state index >= 15 is 0 Å². The van der Waals surface area contributed by atoms with Gasteiger partial charge in [0.25, 0.3) is 0 Å². The van der Waals surface area contributed by atoms with Gasteiger partial charge in [-0.15, -0.1) is 0 Å². The van der Waals surface area contributed by atoms with Gasteiger partial charge in [0.15, 0.2) is 11.5 Å². The lowest BCUT2D eigenvalue weighted by Crippen LogP contribution is -2.09. The Morgan fingerprint density at radius 1 is 0.917 bits per heavy atom. The van der Waals surface area contributed by atoms with Crippen molar-refractivity contribution in [1.82, 2.24) is 4.98 Å². The van der Waals surface area contributed by atoms with Crippen LogP contribution in [0.4, 0.5) is 0 Å². The highest BCUT2D eigenvalue weighted by atomic mass is 32.2. The van der Waals surface area contributed by atoms with E-state index in [1.807, 2.05) is 36.4 Å². The molecule has 3 aromatic rings. The number of para-hydroxylation sites is 2. The van der Waals surface area contributed by atoms with Gasteiger partial charge in [0.05, 0.1) is 12.7 Å². The maximum absolute atomic E-state index is 12.3. The van der Waals surface area contributed by atoms with Gasteiger partial charge in [0, 0.05) is 11.1 Å². The molecule has 0 amide bonds. The van der Waals surface area contributed by atoms with Crippen LogP contribution in [0.15, 0.2) is 82.8 Å². The van der Waals surface area contributed by atoms with Gasteiger partial charge in [0.2, 0.25) is 0 Å². The normalized spacial score (nSPS) is 10.2. The number of hydrogen-bond donors (Lipinski definition) is 0. The molecule has 0 saturated heterocycles. The number of carbonyl (C=O) groups excluding carboxylic acids is 1. The molecule has 0 spiro atoms. The fraction of sp³-hybridized carbons (Fsp3) is 0.0526. The van der Waals surface area contributed by atoms with Crippen molar-refractivity contribution in [1.29, 1.82) is 0 Å². The molecule has 0 saturated carbocycles. The fourth-order valence-electron chi connectivity index (χ4n) is 2.05. The van der Waals surface area contributed by atoms with Crippen molar-refractivity contribution >= 4 is 17.7 Å². The highest BCUT2D eigenvalue weighted by Gasteiger charge is 2.12. The Bertz CT molecular complexity index is 820. The second-order valence-electron chi connectivity index (χ2n) is 4.83. The molecule has 5 heteroatoms. The molecule has 120 valence electrons. The molecule has 4 nitrogen and oxygen atoms in total. The fourth-order valence-corrected chi connectivity index (χ4v) is 2.82. The summed E-state index contributed by atoms with van der Waals surface area (Å²) in [5.41, 5.74) is 0.478. The van der Waals surface area contributed by atoms with E-state index in [1.165, 1.54) is 18.9 Å². The summed E-state index contributed by atoms with van der Waals surface area (Å²) in [5, 5.41) is 0.904. The van der Waals surface area contributed by atoms with Gasteiger partial charge in [-0.2, -0.15) is 0 Å². The highest BCUT2D eigenvalue weighted by Crippen LogP contribution is 2.28. The van der Waals surface area contributed by atoms with Gasteiger partial charge >= 0.3 is 5.97 Å². The van der Waals surface area contributed by atoms with E-state index in [4.69, 9.17) is 9.47 Å². The number of hydrogen-bond acceptors (Lipinski definition) is 5. The van der Waals surface area contributed by atoms with Gasteiger partial charge in [-0.05, 0) is 48.5 Å². The zero-order valence-electron chi connectivity index (χ0n) is 13.0. The van der Waals surface area contributed by atoms with Crippen LogP contribution in [0.2, 0.25) is 0 Å². The molecule has 0 unspecified atom stereocenters. The number of methoxy groups -OCH3 is 1. The number of benzene rings is 2. The maximum Gasteiger partial charge on any atom is 0.343 e. The zero-order valence-corrected chi connectivity index (χ0v) is 13.8. The van der Waals surface area contributed by atoms with Crippen LogP contribution in [0.3, 0.4) is 0 Å². The van der Waals surface area contributed by atoms with Crippen LogP contribution in [-0.2, 0) is 0 Å². The third kappa shape index (κ3) is 3.94. The molecule has 3 rings (SSSR count). The summed E-state index contributed by atoms with van der Waals surface area (Å²) in [6, 6.07) is 20.0. The first kappa shape index (κ1) is 16.1. The lowest BCUT2D eigenvalue weighted by Gasteiger charge is -2.09. The average molecular weight is 337 g/mol. The third-order valence-electron chi connectivity index (χ3n) is 3.22. The number of carbonyl (C=O) groups is 1. The minimum Gasteiger partial charge on any atom is -0.493 e. The van der Waals surface area contributed by atoms with E-state index in [-0.39, 0.29) is 0 Å². The monoisotopic (exact) mass is 337 g/mol. The summed E-state index contributed by atoms with van der Waals surface area (Å²) in [4.78, 5) is 17.5. The second-order valence-corrected chi connectivity index (χ2v) is 5.93. The lowest BCUT2D eigenvalue weighted by molar-refractivity contribution is 0.0729. The molecule has 0 radical (unpaired) electrons. The minimum atomic E-state index is -0.422. The summed E-state index contributed by atoms with van der Waals surface area (Å²) < 4.78 is 10.6. The average Bonchev–Trinajstić information content (AvgIpc) is 2.63. The van der Waals surface area contributed by atoms with Crippen LogP contribution in [-0.4, -0.2) is 18.1 Å². The van der Waals surface area contributed by atoms with Crippen molar-refractivity contribution in [3.8, 4) is 11.5 Å². The molecular formula is C19H15NO3S.